The van der Waals surface area contributed by atoms with Gasteiger partial charge in [0.25, 0.3) is 0 Å². The minimum Gasteiger partial charge on any atom is -0.0622 e. The van der Waals surface area contributed by atoms with Gasteiger partial charge in [0, 0.05) is 8.95 Å². The van der Waals surface area contributed by atoms with Gasteiger partial charge in [-0.25, -0.2) is 0 Å². The summed E-state index contributed by atoms with van der Waals surface area (Å²) in [5, 5.41) is 0. The molecule has 0 saturated carbocycles. The van der Waals surface area contributed by atoms with Crippen molar-refractivity contribution in [1.29, 1.82) is 0 Å². The van der Waals surface area contributed by atoms with Crippen LogP contribution in [0, 0.1) is 0 Å². The zero-order valence-corrected chi connectivity index (χ0v) is 22.8. The molecule has 174 valence electrons. The molecule has 0 heterocycles. The van der Waals surface area contributed by atoms with Crippen LogP contribution in [0.15, 0.2) is 142 Å². The first-order chi connectivity index (χ1) is 17.7. The molecule has 2 heteroatoms. The summed E-state index contributed by atoms with van der Waals surface area (Å²) >= 11 is 7.73. The number of hydrogen-bond acceptors (Lipinski definition) is 0. The van der Waals surface area contributed by atoms with E-state index in [4.69, 9.17) is 0 Å². The summed E-state index contributed by atoms with van der Waals surface area (Å²) in [5.74, 6) is 0. The number of benzene rings is 5. The summed E-state index contributed by atoms with van der Waals surface area (Å²) in [6.07, 6.45) is 4.50. The fraction of sp³-hybridized carbons (Fsp3) is 0. The molecule has 0 bridgehead atoms. The van der Waals surface area contributed by atoms with Crippen LogP contribution >= 0.6 is 31.9 Å². The maximum absolute atomic E-state index is 3.86. The van der Waals surface area contributed by atoms with E-state index in [1.807, 2.05) is 0 Å². The third-order valence-electron chi connectivity index (χ3n) is 6.05. The van der Waals surface area contributed by atoms with E-state index < -0.39 is 0 Å². The molecule has 36 heavy (non-hydrogen) atoms. The van der Waals surface area contributed by atoms with Crippen LogP contribution in [0.2, 0.25) is 0 Å². The Balaban J connectivity index is 1.61. The third kappa shape index (κ3) is 5.67. The molecule has 0 aliphatic heterocycles. The lowest BCUT2D eigenvalue weighted by Gasteiger charge is -2.13. The highest BCUT2D eigenvalue weighted by Crippen LogP contribution is 2.35. The average Bonchev–Trinajstić information content (AvgIpc) is 2.94. The van der Waals surface area contributed by atoms with Crippen LogP contribution in [0.4, 0.5) is 0 Å². The largest absolute Gasteiger partial charge is 0.0622 e. The second-order valence-electron chi connectivity index (χ2n) is 8.48. The molecule has 5 aromatic rings. The van der Waals surface area contributed by atoms with Crippen LogP contribution in [0.1, 0.15) is 33.4 Å². The monoisotopic (exact) mass is 590 g/mol. The minimum absolute atomic E-state index is 1.04. The van der Waals surface area contributed by atoms with Gasteiger partial charge in [-0.05, 0) is 68.8 Å². The van der Waals surface area contributed by atoms with E-state index >= 15 is 0 Å². The average molecular weight is 592 g/mol. The fourth-order valence-corrected chi connectivity index (χ4v) is 5.20. The third-order valence-corrected chi connectivity index (χ3v) is 7.43. The number of hydrogen-bond donors (Lipinski definition) is 0. The van der Waals surface area contributed by atoms with Crippen LogP contribution < -0.4 is 0 Å². The van der Waals surface area contributed by atoms with Gasteiger partial charge in [-0.2, -0.15) is 0 Å². The summed E-state index contributed by atoms with van der Waals surface area (Å²) in [6.45, 7) is 0. The predicted molar refractivity (Wildman–Crippen MR) is 162 cm³/mol. The van der Waals surface area contributed by atoms with Crippen molar-refractivity contribution < 1.29 is 0 Å². The van der Waals surface area contributed by atoms with Crippen LogP contribution in [0.3, 0.4) is 0 Å². The number of halogens is 2. The molecule has 0 saturated heterocycles. The van der Waals surface area contributed by atoms with Crippen molar-refractivity contribution in [3.05, 3.63) is 176 Å². The van der Waals surface area contributed by atoms with E-state index in [0.29, 0.717) is 0 Å². The van der Waals surface area contributed by atoms with E-state index in [2.05, 4.69) is 177 Å². The molecule has 0 spiro atoms. The molecular weight excluding hydrogens is 568 g/mol. The smallest absolute Gasteiger partial charge is 0.0254 e. The van der Waals surface area contributed by atoms with Gasteiger partial charge in [-0.1, -0.05) is 153 Å². The molecule has 0 N–H and O–H groups in total. The SMILES string of the molecule is Brc1cc(C=C(c2ccccc2)c2ccccc2)c(Br)cc1C=C(c1ccccc1)c1ccccc1. The molecule has 0 unspecified atom stereocenters. The lowest BCUT2D eigenvalue weighted by Crippen LogP contribution is -1.91. The molecule has 0 nitrogen and oxygen atoms in total. The summed E-state index contributed by atoms with van der Waals surface area (Å²) in [7, 11) is 0. The van der Waals surface area contributed by atoms with E-state index in [9.17, 15) is 0 Å². The van der Waals surface area contributed by atoms with Crippen molar-refractivity contribution >= 4 is 55.2 Å². The van der Waals surface area contributed by atoms with Gasteiger partial charge in [0.15, 0.2) is 0 Å². The van der Waals surface area contributed by atoms with E-state index in [1.165, 1.54) is 33.4 Å². The molecule has 0 aliphatic rings. The second-order valence-corrected chi connectivity index (χ2v) is 10.2. The van der Waals surface area contributed by atoms with Gasteiger partial charge in [0.2, 0.25) is 0 Å². The van der Waals surface area contributed by atoms with E-state index in [0.717, 1.165) is 20.1 Å². The highest BCUT2D eigenvalue weighted by atomic mass is 79.9. The maximum atomic E-state index is 3.86. The van der Waals surface area contributed by atoms with Gasteiger partial charge in [0.1, 0.15) is 0 Å². The van der Waals surface area contributed by atoms with Crippen LogP contribution in [-0.2, 0) is 0 Å². The first-order valence-electron chi connectivity index (χ1n) is 11.8. The fourth-order valence-electron chi connectivity index (χ4n) is 4.25. The Kier molecular flexibility index (Phi) is 7.76. The molecule has 5 aromatic carbocycles. The number of rotatable bonds is 6. The van der Waals surface area contributed by atoms with Gasteiger partial charge in [-0.3, -0.25) is 0 Å². The molecule has 0 fully saturated rings. The Labute approximate surface area is 229 Å². The van der Waals surface area contributed by atoms with Crippen molar-refractivity contribution in [1.82, 2.24) is 0 Å². The molecule has 0 radical (unpaired) electrons. The van der Waals surface area contributed by atoms with Gasteiger partial charge in [-0.15, -0.1) is 0 Å². The highest BCUT2D eigenvalue weighted by molar-refractivity contribution is 9.11. The first-order valence-corrected chi connectivity index (χ1v) is 13.4. The Bertz CT molecular complexity index is 1300. The zero-order valence-electron chi connectivity index (χ0n) is 19.6. The molecule has 5 rings (SSSR count). The lowest BCUT2D eigenvalue weighted by molar-refractivity contribution is 1.50. The molecule has 0 aliphatic carbocycles. The van der Waals surface area contributed by atoms with Crippen LogP contribution in [0.5, 0.6) is 0 Å². The normalized spacial score (nSPS) is 10.5. The van der Waals surface area contributed by atoms with Crippen molar-refractivity contribution in [2.45, 2.75) is 0 Å². The predicted octanol–water partition coefficient (Wildman–Crippen LogP) is 10.4. The molecule has 0 atom stereocenters. The summed E-state index contributed by atoms with van der Waals surface area (Å²) < 4.78 is 2.09. The van der Waals surface area contributed by atoms with E-state index in [1.54, 1.807) is 0 Å². The lowest BCUT2D eigenvalue weighted by atomic mass is 9.94. The standard InChI is InChI=1S/C34H24Br2/c35-33-24-30(22-32(27-17-9-3-10-18-27)28-19-11-4-12-20-28)34(36)23-29(33)21-31(25-13-5-1-6-14-25)26-15-7-2-8-16-26/h1-24H. The second kappa shape index (κ2) is 11.5. The maximum Gasteiger partial charge on any atom is 0.0254 e. The van der Waals surface area contributed by atoms with Crippen LogP contribution in [-0.4, -0.2) is 0 Å². The highest BCUT2D eigenvalue weighted by Gasteiger charge is 2.11. The Morgan fingerprint density at radius 3 is 0.889 bits per heavy atom. The van der Waals surface area contributed by atoms with Gasteiger partial charge < -0.3 is 0 Å². The van der Waals surface area contributed by atoms with Crippen molar-refractivity contribution in [2.24, 2.45) is 0 Å². The van der Waals surface area contributed by atoms with Crippen LogP contribution in [0.25, 0.3) is 23.3 Å². The summed E-state index contributed by atoms with van der Waals surface area (Å²) in [5.41, 5.74) is 9.34. The first kappa shape index (κ1) is 24.2. The Morgan fingerprint density at radius 1 is 0.389 bits per heavy atom. The Hall–Kier alpha value is -3.46. The van der Waals surface area contributed by atoms with Crippen molar-refractivity contribution in [2.75, 3.05) is 0 Å². The molecule has 0 aromatic heterocycles. The van der Waals surface area contributed by atoms with Gasteiger partial charge in [0.05, 0.1) is 0 Å². The minimum atomic E-state index is 1.04. The van der Waals surface area contributed by atoms with E-state index in [-0.39, 0.29) is 0 Å². The van der Waals surface area contributed by atoms with Crippen molar-refractivity contribution in [3.63, 3.8) is 0 Å². The topological polar surface area (TPSA) is 0 Å². The summed E-state index contributed by atoms with van der Waals surface area (Å²) in [4.78, 5) is 0. The van der Waals surface area contributed by atoms with Gasteiger partial charge >= 0.3 is 0 Å². The zero-order chi connectivity index (χ0) is 24.7. The molecule has 0 amide bonds. The Morgan fingerprint density at radius 2 is 0.639 bits per heavy atom. The quantitative estimate of drug-likeness (QED) is 0.172. The molecular formula is C34H24Br2. The summed E-state index contributed by atoms with van der Waals surface area (Å²) in [6, 6.07) is 46.5. The van der Waals surface area contributed by atoms with Crippen molar-refractivity contribution in [3.8, 4) is 0 Å².